The van der Waals surface area contributed by atoms with Crippen molar-refractivity contribution in [3.63, 3.8) is 0 Å². The summed E-state index contributed by atoms with van der Waals surface area (Å²) in [5.41, 5.74) is 1.77. The van der Waals surface area contributed by atoms with Crippen LogP contribution in [0.3, 0.4) is 0 Å². The molecular weight excluding hydrogens is 540 g/mol. The fourth-order valence-electron chi connectivity index (χ4n) is 4.35. The molecule has 0 radical (unpaired) electrons. The number of anilines is 5. The van der Waals surface area contributed by atoms with Crippen LogP contribution in [0.5, 0.6) is 0 Å². The second-order valence-corrected chi connectivity index (χ2v) is 12.5. The van der Waals surface area contributed by atoms with Gasteiger partial charge in [0.1, 0.15) is 5.02 Å². The minimum atomic E-state index is -3.53. The Labute approximate surface area is 231 Å². The second-order valence-electron chi connectivity index (χ2n) is 9.59. The van der Waals surface area contributed by atoms with Gasteiger partial charge < -0.3 is 16.0 Å². The Morgan fingerprint density at radius 1 is 1.10 bits per heavy atom. The molecular formula is C26H29ClN8O3S. The van der Waals surface area contributed by atoms with Crippen molar-refractivity contribution < 1.29 is 13.2 Å². The number of sulfone groups is 1. The van der Waals surface area contributed by atoms with Crippen molar-refractivity contribution in [2.75, 3.05) is 35.6 Å². The van der Waals surface area contributed by atoms with E-state index in [9.17, 15) is 13.2 Å². The minimum Gasteiger partial charge on any atom is -0.338 e. The van der Waals surface area contributed by atoms with E-state index in [-0.39, 0.29) is 27.6 Å². The number of para-hydroxylation sites is 1. The molecule has 39 heavy (non-hydrogen) atoms. The zero-order valence-corrected chi connectivity index (χ0v) is 23.1. The highest BCUT2D eigenvalue weighted by atomic mass is 35.5. The summed E-state index contributed by atoms with van der Waals surface area (Å²) in [6, 6.07) is 12.1. The van der Waals surface area contributed by atoms with E-state index in [1.54, 1.807) is 38.1 Å². The van der Waals surface area contributed by atoms with Gasteiger partial charge in [-0.3, -0.25) is 14.8 Å². The number of nitrogens with zero attached hydrogens (tertiary/aromatic N) is 4. The van der Waals surface area contributed by atoms with Gasteiger partial charge in [0, 0.05) is 11.1 Å². The third-order valence-electron chi connectivity index (χ3n) is 6.45. The molecule has 4 N–H and O–H groups in total. The molecule has 0 atom stereocenters. The van der Waals surface area contributed by atoms with Gasteiger partial charge in [0.15, 0.2) is 21.5 Å². The van der Waals surface area contributed by atoms with Gasteiger partial charge in [0.25, 0.3) is 0 Å². The summed E-state index contributed by atoms with van der Waals surface area (Å²) >= 11 is 6.34. The van der Waals surface area contributed by atoms with Crippen LogP contribution in [0.15, 0.2) is 53.6 Å². The maximum absolute atomic E-state index is 12.8. The molecule has 11 nitrogen and oxygen atoms in total. The van der Waals surface area contributed by atoms with Crippen LogP contribution in [0.25, 0.3) is 10.9 Å². The zero-order valence-electron chi connectivity index (χ0n) is 21.5. The summed E-state index contributed by atoms with van der Waals surface area (Å²) in [6.07, 6.45) is 3.68. The second kappa shape index (κ2) is 11.2. The number of carbonyl (C=O) groups is 1. The first-order chi connectivity index (χ1) is 18.7. The van der Waals surface area contributed by atoms with Gasteiger partial charge in [0.2, 0.25) is 11.9 Å². The molecule has 0 saturated carbocycles. The predicted octanol–water partition coefficient (Wildman–Crippen LogP) is 4.71. The van der Waals surface area contributed by atoms with E-state index in [0.29, 0.717) is 23.7 Å². The van der Waals surface area contributed by atoms with Crippen LogP contribution in [0.1, 0.15) is 26.7 Å². The summed E-state index contributed by atoms with van der Waals surface area (Å²) in [6.45, 7) is 5.50. The zero-order chi connectivity index (χ0) is 27.6. The Kier molecular flexibility index (Phi) is 7.69. The van der Waals surface area contributed by atoms with Crippen LogP contribution in [0.4, 0.5) is 29.0 Å². The number of nitrogens with one attached hydrogen (secondary N) is 4. The molecule has 13 heteroatoms. The third kappa shape index (κ3) is 5.97. The van der Waals surface area contributed by atoms with Gasteiger partial charge in [-0.25, -0.2) is 13.4 Å². The number of likely N-dealkylation sites (tertiary alicyclic amines) is 1. The molecule has 4 aromatic rings. The van der Waals surface area contributed by atoms with Crippen molar-refractivity contribution >= 4 is 67.2 Å². The molecule has 1 aliphatic rings. The molecule has 0 unspecified atom stereocenters. The summed E-state index contributed by atoms with van der Waals surface area (Å²) in [5, 5.41) is 16.7. The molecule has 5 rings (SSSR count). The molecule has 3 heterocycles. The van der Waals surface area contributed by atoms with Gasteiger partial charge >= 0.3 is 0 Å². The molecule has 1 aliphatic heterocycles. The van der Waals surface area contributed by atoms with E-state index in [1.807, 2.05) is 18.2 Å². The van der Waals surface area contributed by atoms with Crippen LogP contribution >= 0.6 is 11.6 Å². The normalized spacial score (nSPS) is 14.2. The van der Waals surface area contributed by atoms with Crippen molar-refractivity contribution in [2.24, 2.45) is 0 Å². The van der Waals surface area contributed by atoms with Gasteiger partial charge in [-0.1, -0.05) is 23.7 Å². The molecule has 204 valence electrons. The smallest absolute Gasteiger partial charge is 0.239 e. The average Bonchev–Trinajstić information content (AvgIpc) is 3.56. The van der Waals surface area contributed by atoms with E-state index < -0.39 is 15.1 Å². The third-order valence-corrected chi connectivity index (χ3v) is 8.94. The molecule has 1 fully saturated rings. The Balaban J connectivity index is 1.32. The number of carbonyl (C=O) groups excluding carboxylic acids is 1. The van der Waals surface area contributed by atoms with Gasteiger partial charge in [-0.05, 0) is 70.1 Å². The number of halogens is 1. The number of hydrogen-bond acceptors (Lipinski definition) is 9. The Bertz CT molecular complexity index is 1620. The Morgan fingerprint density at radius 3 is 2.64 bits per heavy atom. The highest BCUT2D eigenvalue weighted by Crippen LogP contribution is 2.31. The van der Waals surface area contributed by atoms with Gasteiger partial charge in [0.05, 0.1) is 34.1 Å². The number of aromatic amines is 1. The summed E-state index contributed by atoms with van der Waals surface area (Å²) in [4.78, 5) is 23.4. The lowest BCUT2D eigenvalue weighted by atomic mass is 10.2. The van der Waals surface area contributed by atoms with Crippen LogP contribution in [-0.4, -0.2) is 64.3 Å². The minimum absolute atomic E-state index is 0.0927. The summed E-state index contributed by atoms with van der Waals surface area (Å²) in [5.74, 6) is 0.894. The van der Waals surface area contributed by atoms with E-state index in [0.717, 1.165) is 36.8 Å². The number of fused-ring (bicyclic) bond motifs is 1. The molecule has 1 saturated heterocycles. The van der Waals surface area contributed by atoms with Crippen LogP contribution < -0.4 is 16.0 Å². The molecule has 2 aromatic heterocycles. The number of aromatic nitrogens is 4. The molecule has 2 aromatic carbocycles. The number of rotatable bonds is 9. The molecule has 0 bridgehead atoms. The highest BCUT2D eigenvalue weighted by molar-refractivity contribution is 7.92. The lowest BCUT2D eigenvalue weighted by Gasteiger charge is -2.15. The van der Waals surface area contributed by atoms with Crippen LogP contribution in [0, 0.1) is 0 Å². The van der Waals surface area contributed by atoms with Gasteiger partial charge in [-0.15, -0.1) is 0 Å². The van der Waals surface area contributed by atoms with Crippen molar-refractivity contribution in [2.45, 2.75) is 36.8 Å². The van der Waals surface area contributed by atoms with Crippen LogP contribution in [-0.2, 0) is 14.6 Å². The maximum Gasteiger partial charge on any atom is 0.239 e. The summed E-state index contributed by atoms with van der Waals surface area (Å²) < 4.78 is 25.7. The molecule has 0 aliphatic carbocycles. The number of amides is 1. The first-order valence-electron chi connectivity index (χ1n) is 12.6. The first-order valence-corrected chi connectivity index (χ1v) is 14.5. The maximum atomic E-state index is 12.8. The SMILES string of the molecule is CC(C)S(=O)(=O)c1ccccc1Nc1nc(Nc2ccc3c(NC(=O)CN4CCCC4)n[nH]c3c2)ncc1Cl. The van der Waals surface area contributed by atoms with E-state index in [1.165, 1.54) is 6.20 Å². The largest absolute Gasteiger partial charge is 0.338 e. The van der Waals surface area contributed by atoms with E-state index >= 15 is 0 Å². The average molecular weight is 569 g/mol. The molecule has 0 spiro atoms. The Morgan fingerprint density at radius 2 is 1.87 bits per heavy atom. The monoisotopic (exact) mass is 568 g/mol. The van der Waals surface area contributed by atoms with E-state index in [2.05, 4.69) is 41.0 Å². The van der Waals surface area contributed by atoms with Crippen molar-refractivity contribution in [1.82, 2.24) is 25.1 Å². The van der Waals surface area contributed by atoms with E-state index in [4.69, 9.17) is 11.6 Å². The number of hydrogen-bond donors (Lipinski definition) is 4. The molecule has 1 amide bonds. The summed E-state index contributed by atoms with van der Waals surface area (Å²) in [7, 11) is -3.53. The number of H-pyrrole nitrogens is 1. The topological polar surface area (TPSA) is 145 Å². The van der Waals surface area contributed by atoms with Gasteiger partial charge in [-0.2, -0.15) is 10.1 Å². The first kappa shape index (κ1) is 26.9. The number of benzene rings is 2. The van der Waals surface area contributed by atoms with Crippen LogP contribution in [0.2, 0.25) is 5.02 Å². The predicted molar refractivity (Wildman–Crippen MR) is 153 cm³/mol. The van der Waals surface area contributed by atoms with Crippen molar-refractivity contribution in [1.29, 1.82) is 0 Å². The Hall–Kier alpha value is -3.74. The fourth-order valence-corrected chi connectivity index (χ4v) is 5.69. The lowest BCUT2D eigenvalue weighted by molar-refractivity contribution is -0.117. The van der Waals surface area contributed by atoms with Crippen molar-refractivity contribution in [3.8, 4) is 0 Å². The quantitative estimate of drug-likeness (QED) is 0.225. The van der Waals surface area contributed by atoms with Crippen molar-refractivity contribution in [3.05, 3.63) is 53.7 Å². The lowest BCUT2D eigenvalue weighted by Crippen LogP contribution is -2.31. The fraction of sp³-hybridized carbons (Fsp3) is 0.308. The standard InChI is InChI=1S/C26H29ClN8O3S/c1-16(2)39(37,38)22-8-4-3-7-20(22)30-25-19(27)14-28-26(32-25)29-17-9-10-18-21(13-17)33-34-24(18)31-23(36)15-35-11-5-6-12-35/h3-4,7-10,13-14,16H,5-6,11-12,15H2,1-2H3,(H2,28,29,30,32)(H2,31,33,34,36). The highest BCUT2D eigenvalue weighted by Gasteiger charge is 2.23.